The molecule has 2 N–H and O–H groups in total. The van der Waals surface area contributed by atoms with E-state index < -0.39 is 0 Å². The van der Waals surface area contributed by atoms with Crippen molar-refractivity contribution < 1.29 is 21.4 Å². The van der Waals surface area contributed by atoms with Crippen LogP contribution in [0.3, 0.4) is 0 Å². The molecule has 24 heavy (non-hydrogen) atoms. The molecule has 8 heteroatoms. The number of aryl methyl sites for hydroxylation is 1. The van der Waals surface area contributed by atoms with E-state index in [0.29, 0.717) is 18.0 Å². The number of fused-ring (bicyclic) bond motifs is 2. The smallest absolute Gasteiger partial charge is 0.229 e. The zero-order valence-corrected chi connectivity index (χ0v) is 15.9. The number of piperazine rings is 1. The third-order valence-corrected chi connectivity index (χ3v) is 4.14. The van der Waals surface area contributed by atoms with E-state index in [-0.39, 0.29) is 21.4 Å². The largest absolute Gasteiger partial charge is 0.353 e. The first-order valence-electron chi connectivity index (χ1n) is 8.36. The van der Waals surface area contributed by atoms with Gasteiger partial charge in [0, 0.05) is 66.0 Å². The Hall–Kier alpha value is -1.57. The normalized spacial score (nSPS) is 21.5. The Labute approximate surface area is 158 Å². The van der Waals surface area contributed by atoms with Gasteiger partial charge in [-0.25, -0.2) is 4.98 Å². The summed E-state index contributed by atoms with van der Waals surface area (Å²) in [5.41, 5.74) is 0.898. The molecule has 133 valence electrons. The van der Waals surface area contributed by atoms with Crippen LogP contribution < -0.4 is 15.5 Å². The van der Waals surface area contributed by atoms with Gasteiger partial charge >= 0.3 is 0 Å². The fraction of sp³-hybridized carbons (Fsp3) is 0.562. The molecule has 0 spiro atoms. The van der Waals surface area contributed by atoms with E-state index in [1.807, 2.05) is 39.4 Å². The number of nitrogens with one attached hydrogen (secondary N) is 2. The summed E-state index contributed by atoms with van der Waals surface area (Å²) in [4.78, 5) is 11.3. The molecule has 2 atom stereocenters. The van der Waals surface area contributed by atoms with Gasteiger partial charge in [0.1, 0.15) is 5.82 Å². The van der Waals surface area contributed by atoms with E-state index in [4.69, 9.17) is 0 Å². The van der Waals surface area contributed by atoms with Crippen molar-refractivity contribution in [3.05, 3.63) is 24.7 Å². The minimum absolute atomic E-state index is 0. The van der Waals surface area contributed by atoms with Crippen LogP contribution in [0.25, 0.3) is 0 Å². The molecule has 2 aliphatic heterocycles. The average molecular weight is 370 g/mol. The number of hydrogen-bond donors (Lipinski definition) is 2. The summed E-state index contributed by atoms with van der Waals surface area (Å²) < 4.78 is 1.75. The third-order valence-electron chi connectivity index (χ3n) is 4.14. The summed E-state index contributed by atoms with van der Waals surface area (Å²) in [6, 6.07) is 3.20. The monoisotopic (exact) mass is 370 g/mol. The molecule has 7 nitrogen and oxygen atoms in total. The first-order chi connectivity index (χ1) is 11.3. The number of hydrogen-bond acceptors (Lipinski definition) is 6. The first-order valence-corrected chi connectivity index (χ1v) is 8.36. The molecule has 2 aliphatic rings. The molecule has 2 aromatic heterocycles. The van der Waals surface area contributed by atoms with Crippen LogP contribution in [-0.2, 0) is 25.6 Å². The number of anilines is 3. The summed E-state index contributed by atoms with van der Waals surface area (Å²) >= 11 is 0. The van der Waals surface area contributed by atoms with Crippen molar-refractivity contribution in [3.8, 4) is 0 Å². The molecule has 0 amide bonds. The van der Waals surface area contributed by atoms with E-state index in [1.165, 1.54) is 12.8 Å². The van der Waals surface area contributed by atoms with Gasteiger partial charge in [-0.15, -0.1) is 0 Å². The molecule has 2 bridgehead atoms. The van der Waals surface area contributed by atoms with Crippen LogP contribution in [0.4, 0.5) is 17.5 Å². The maximum absolute atomic E-state index is 4.64. The molecule has 2 aromatic rings. The Morgan fingerprint density at radius 1 is 1.25 bits per heavy atom. The van der Waals surface area contributed by atoms with Gasteiger partial charge in [0.15, 0.2) is 0 Å². The average Bonchev–Trinajstić information content (AvgIpc) is 3.14. The van der Waals surface area contributed by atoms with Crippen LogP contribution in [0, 0.1) is 0 Å². The second-order valence-corrected chi connectivity index (χ2v) is 5.81. The Morgan fingerprint density at radius 3 is 2.58 bits per heavy atom. The molecular weight excluding hydrogens is 341 g/mol. The number of nitrogens with zero attached hydrogens (tertiary/aromatic N) is 5. The zero-order valence-electron chi connectivity index (χ0n) is 14.5. The number of rotatable bonds is 3. The van der Waals surface area contributed by atoms with Gasteiger partial charge < -0.3 is 15.5 Å². The van der Waals surface area contributed by atoms with Crippen LogP contribution >= 0.6 is 0 Å². The molecule has 1 radical (unpaired) electrons. The minimum Gasteiger partial charge on any atom is -0.353 e. The van der Waals surface area contributed by atoms with Crippen LogP contribution in [0.1, 0.15) is 29.5 Å². The van der Waals surface area contributed by atoms with Gasteiger partial charge in [-0.2, -0.15) is 10.1 Å². The van der Waals surface area contributed by atoms with Crippen LogP contribution in [0.5, 0.6) is 0 Å². The van der Waals surface area contributed by atoms with Gasteiger partial charge in [-0.05, 0) is 18.9 Å². The van der Waals surface area contributed by atoms with Crippen molar-refractivity contribution in [2.75, 3.05) is 23.3 Å². The predicted molar refractivity (Wildman–Crippen MR) is 96.3 cm³/mol. The van der Waals surface area contributed by atoms with Gasteiger partial charge in [0.05, 0.1) is 11.9 Å². The topological polar surface area (TPSA) is 70.9 Å². The number of aromatic nitrogens is 4. The second kappa shape index (κ2) is 8.51. The molecule has 4 heterocycles. The standard InChI is InChI=1S/C14H19N7.C2H6.V.2H2/c1-20-7-12(6-16-20)18-14-15-5-4-13(19-14)21-8-10-2-3-11(9-21)17-10;1-2;;;/h4-7,10-11,17H,2-3,8-9H2,1H3,(H,15,18,19);1-2H3;;2*1H/t10-,11+;;;;. The maximum Gasteiger partial charge on any atom is 0.229 e. The van der Waals surface area contributed by atoms with E-state index >= 15 is 0 Å². The van der Waals surface area contributed by atoms with Gasteiger partial charge in [-0.3, -0.25) is 4.68 Å². The Balaban J connectivity index is 0.00000121. The summed E-state index contributed by atoms with van der Waals surface area (Å²) in [5.74, 6) is 1.61. The van der Waals surface area contributed by atoms with E-state index in [0.717, 1.165) is 24.6 Å². The van der Waals surface area contributed by atoms with Crippen LogP contribution in [-0.4, -0.2) is 44.9 Å². The minimum atomic E-state index is 0. The summed E-state index contributed by atoms with van der Waals surface area (Å²) in [5, 5.41) is 11.0. The summed E-state index contributed by atoms with van der Waals surface area (Å²) in [7, 11) is 1.89. The summed E-state index contributed by atoms with van der Waals surface area (Å²) in [6.07, 6.45) is 8.02. The molecule has 2 fully saturated rings. The second-order valence-electron chi connectivity index (χ2n) is 5.81. The van der Waals surface area contributed by atoms with Gasteiger partial charge in [-0.1, -0.05) is 13.8 Å². The zero-order chi connectivity index (χ0) is 16.2. The molecule has 0 aromatic carbocycles. The van der Waals surface area contributed by atoms with Gasteiger partial charge in [0.25, 0.3) is 0 Å². The van der Waals surface area contributed by atoms with Gasteiger partial charge in [0.2, 0.25) is 5.95 Å². The third kappa shape index (κ3) is 4.29. The molecular formula is C16H29N7V. The fourth-order valence-electron chi connectivity index (χ4n) is 3.18. The van der Waals surface area contributed by atoms with E-state index in [9.17, 15) is 0 Å². The Kier molecular flexibility index (Phi) is 6.65. The maximum atomic E-state index is 4.64. The van der Waals surface area contributed by atoms with Crippen molar-refractivity contribution >= 4 is 17.5 Å². The molecule has 0 saturated carbocycles. The van der Waals surface area contributed by atoms with Crippen molar-refractivity contribution in [1.29, 1.82) is 0 Å². The fourth-order valence-corrected chi connectivity index (χ4v) is 3.18. The first kappa shape index (κ1) is 18.8. The quantitative estimate of drug-likeness (QED) is 0.865. The summed E-state index contributed by atoms with van der Waals surface area (Å²) in [6.45, 7) is 6.06. The van der Waals surface area contributed by atoms with Crippen LogP contribution in [0.2, 0.25) is 0 Å². The molecule has 4 rings (SSSR count). The van der Waals surface area contributed by atoms with Crippen molar-refractivity contribution in [3.63, 3.8) is 0 Å². The van der Waals surface area contributed by atoms with Crippen molar-refractivity contribution in [2.45, 2.75) is 38.8 Å². The van der Waals surface area contributed by atoms with Crippen LogP contribution in [0.15, 0.2) is 24.7 Å². The SMILES string of the molecule is CC.Cn1cc(Nc2nccc(N3C[C@H]4CC[C@@H](C3)N4)n2)cn1.[HH].[HH].[V]. The Bertz CT molecular complexity index is 643. The van der Waals surface area contributed by atoms with Crippen molar-refractivity contribution in [2.24, 2.45) is 7.05 Å². The molecule has 0 aliphatic carbocycles. The predicted octanol–water partition coefficient (Wildman–Crippen LogP) is 2.41. The molecule has 2 saturated heterocycles. The van der Waals surface area contributed by atoms with E-state index in [2.05, 4.69) is 30.6 Å². The van der Waals surface area contributed by atoms with Crippen molar-refractivity contribution in [1.82, 2.24) is 25.1 Å². The molecule has 0 unspecified atom stereocenters. The Morgan fingerprint density at radius 2 is 1.96 bits per heavy atom. The van der Waals surface area contributed by atoms with E-state index in [1.54, 1.807) is 10.9 Å².